The summed E-state index contributed by atoms with van der Waals surface area (Å²) < 4.78 is 1.10. The van der Waals surface area contributed by atoms with E-state index in [0.717, 1.165) is 24.0 Å². The number of halogens is 1. The number of benzene rings is 1. The summed E-state index contributed by atoms with van der Waals surface area (Å²) in [7, 11) is 0. The lowest BCUT2D eigenvalue weighted by molar-refractivity contribution is 0.240. The van der Waals surface area contributed by atoms with E-state index in [1.54, 1.807) is 0 Å². The fourth-order valence-electron chi connectivity index (χ4n) is 2.26. The summed E-state index contributed by atoms with van der Waals surface area (Å²) in [6.07, 6.45) is 1.10. The fourth-order valence-corrected chi connectivity index (χ4v) is 2.65. The van der Waals surface area contributed by atoms with E-state index < -0.39 is 0 Å². The lowest BCUT2D eigenvalue weighted by atomic mass is 10.2. The van der Waals surface area contributed by atoms with Crippen molar-refractivity contribution in [1.29, 1.82) is 0 Å². The molecule has 0 spiro atoms. The van der Waals surface area contributed by atoms with Crippen LogP contribution < -0.4 is 10.2 Å². The van der Waals surface area contributed by atoms with Crippen LogP contribution in [0.1, 0.15) is 13.3 Å². The molecule has 0 radical (unpaired) electrons. The van der Waals surface area contributed by atoms with Gasteiger partial charge < -0.3 is 15.3 Å². The number of rotatable bonds is 2. The van der Waals surface area contributed by atoms with Crippen LogP contribution in [-0.2, 0) is 0 Å². The van der Waals surface area contributed by atoms with E-state index in [0.29, 0.717) is 6.04 Å². The fraction of sp³-hybridized carbons (Fsp3) is 0.538. The molecule has 1 saturated heterocycles. The third-order valence-corrected chi connectivity index (χ3v) is 3.68. The van der Waals surface area contributed by atoms with Crippen molar-refractivity contribution in [3.63, 3.8) is 0 Å². The van der Waals surface area contributed by atoms with Gasteiger partial charge in [0.05, 0.1) is 6.61 Å². The highest BCUT2D eigenvalue weighted by Crippen LogP contribution is 2.21. The first-order valence-electron chi connectivity index (χ1n) is 6.06. The Bertz CT molecular complexity index is 372. The first-order chi connectivity index (χ1) is 8.19. The molecule has 2 unspecified atom stereocenters. The van der Waals surface area contributed by atoms with Crippen LogP contribution in [0.3, 0.4) is 0 Å². The van der Waals surface area contributed by atoms with E-state index in [-0.39, 0.29) is 12.6 Å². The molecule has 1 fully saturated rings. The summed E-state index contributed by atoms with van der Waals surface area (Å²) in [5.74, 6) is 0. The van der Waals surface area contributed by atoms with Gasteiger partial charge in [-0.25, -0.2) is 0 Å². The van der Waals surface area contributed by atoms with Crippen LogP contribution >= 0.6 is 15.9 Å². The lowest BCUT2D eigenvalue weighted by Crippen LogP contribution is -2.42. The van der Waals surface area contributed by atoms with Crippen LogP contribution in [0.15, 0.2) is 28.7 Å². The maximum absolute atomic E-state index is 9.35. The van der Waals surface area contributed by atoms with E-state index in [1.807, 2.05) is 6.07 Å². The van der Waals surface area contributed by atoms with Crippen LogP contribution in [0.25, 0.3) is 0 Å². The molecule has 1 aromatic carbocycles. The minimum absolute atomic E-state index is 0.159. The SMILES string of the molecule is CC1CCN(c2cccc(Br)c2)CC(CO)N1. The van der Waals surface area contributed by atoms with Crippen LogP contribution in [0.2, 0.25) is 0 Å². The Morgan fingerprint density at radius 1 is 1.53 bits per heavy atom. The van der Waals surface area contributed by atoms with E-state index in [4.69, 9.17) is 0 Å². The molecular weight excluding hydrogens is 280 g/mol. The van der Waals surface area contributed by atoms with Gasteiger partial charge in [-0.1, -0.05) is 22.0 Å². The number of hydrogen-bond acceptors (Lipinski definition) is 3. The van der Waals surface area contributed by atoms with Crippen molar-refractivity contribution in [2.45, 2.75) is 25.4 Å². The molecule has 4 heteroatoms. The van der Waals surface area contributed by atoms with Crippen molar-refractivity contribution in [3.05, 3.63) is 28.7 Å². The highest BCUT2D eigenvalue weighted by atomic mass is 79.9. The molecule has 94 valence electrons. The molecule has 1 heterocycles. The molecule has 0 bridgehead atoms. The van der Waals surface area contributed by atoms with Gasteiger partial charge in [-0.3, -0.25) is 0 Å². The van der Waals surface area contributed by atoms with Crippen LogP contribution in [0.4, 0.5) is 5.69 Å². The molecule has 2 N–H and O–H groups in total. The normalized spacial score (nSPS) is 25.7. The largest absolute Gasteiger partial charge is 0.395 e. The number of nitrogens with one attached hydrogen (secondary N) is 1. The second kappa shape index (κ2) is 5.85. The summed E-state index contributed by atoms with van der Waals surface area (Å²) in [6.45, 7) is 4.25. The molecule has 1 aromatic rings. The summed E-state index contributed by atoms with van der Waals surface area (Å²) in [6, 6.07) is 8.95. The summed E-state index contributed by atoms with van der Waals surface area (Å²) in [4.78, 5) is 2.34. The predicted octanol–water partition coefficient (Wildman–Crippen LogP) is 2.00. The van der Waals surface area contributed by atoms with Crippen molar-refractivity contribution in [2.75, 3.05) is 24.6 Å². The maximum Gasteiger partial charge on any atom is 0.0602 e. The van der Waals surface area contributed by atoms with Crippen LogP contribution in [-0.4, -0.2) is 36.9 Å². The molecular formula is C13H19BrN2O. The third-order valence-electron chi connectivity index (χ3n) is 3.19. The van der Waals surface area contributed by atoms with Gasteiger partial charge in [-0.15, -0.1) is 0 Å². The topological polar surface area (TPSA) is 35.5 Å². The van der Waals surface area contributed by atoms with Crippen molar-refractivity contribution in [2.24, 2.45) is 0 Å². The van der Waals surface area contributed by atoms with Gasteiger partial charge in [0, 0.05) is 35.3 Å². The second-order valence-corrected chi connectivity index (χ2v) is 5.58. The monoisotopic (exact) mass is 298 g/mol. The van der Waals surface area contributed by atoms with Gasteiger partial charge in [-0.05, 0) is 31.5 Å². The molecule has 17 heavy (non-hydrogen) atoms. The van der Waals surface area contributed by atoms with Gasteiger partial charge in [0.25, 0.3) is 0 Å². The number of anilines is 1. The highest BCUT2D eigenvalue weighted by Gasteiger charge is 2.20. The lowest BCUT2D eigenvalue weighted by Gasteiger charge is -2.25. The standard InChI is InChI=1S/C13H19BrN2O/c1-10-5-6-16(8-12(9-17)15-10)13-4-2-3-11(14)7-13/h2-4,7,10,12,15,17H,5-6,8-9H2,1H3. The van der Waals surface area contributed by atoms with E-state index >= 15 is 0 Å². The van der Waals surface area contributed by atoms with Gasteiger partial charge in [0.2, 0.25) is 0 Å². The molecule has 2 atom stereocenters. The van der Waals surface area contributed by atoms with E-state index in [9.17, 15) is 5.11 Å². The first-order valence-corrected chi connectivity index (χ1v) is 6.86. The number of aliphatic hydroxyl groups is 1. The van der Waals surface area contributed by atoms with E-state index in [1.165, 1.54) is 5.69 Å². The Hall–Kier alpha value is -0.580. The Labute approximate surface area is 111 Å². The summed E-state index contributed by atoms with van der Waals surface area (Å²) in [5, 5.41) is 12.8. The smallest absolute Gasteiger partial charge is 0.0602 e. The molecule has 1 aliphatic heterocycles. The minimum Gasteiger partial charge on any atom is -0.395 e. The van der Waals surface area contributed by atoms with E-state index in [2.05, 4.69) is 51.3 Å². The zero-order chi connectivity index (χ0) is 12.3. The quantitative estimate of drug-likeness (QED) is 0.877. The summed E-state index contributed by atoms with van der Waals surface area (Å²) in [5.41, 5.74) is 1.22. The van der Waals surface area contributed by atoms with Gasteiger partial charge in [0.15, 0.2) is 0 Å². The number of aliphatic hydroxyl groups excluding tert-OH is 1. The minimum atomic E-state index is 0.159. The molecule has 2 rings (SSSR count). The average molecular weight is 299 g/mol. The third kappa shape index (κ3) is 3.44. The number of hydrogen-bond donors (Lipinski definition) is 2. The Morgan fingerprint density at radius 3 is 3.06 bits per heavy atom. The highest BCUT2D eigenvalue weighted by molar-refractivity contribution is 9.10. The molecule has 0 saturated carbocycles. The van der Waals surface area contributed by atoms with Crippen molar-refractivity contribution < 1.29 is 5.11 Å². The maximum atomic E-state index is 9.35. The molecule has 0 amide bonds. The Balaban J connectivity index is 2.14. The molecule has 3 nitrogen and oxygen atoms in total. The average Bonchev–Trinajstić information content (AvgIpc) is 2.51. The van der Waals surface area contributed by atoms with Gasteiger partial charge in [-0.2, -0.15) is 0 Å². The second-order valence-electron chi connectivity index (χ2n) is 4.66. The zero-order valence-corrected chi connectivity index (χ0v) is 11.7. The number of nitrogens with zero attached hydrogens (tertiary/aromatic N) is 1. The first kappa shape index (κ1) is 12.9. The zero-order valence-electron chi connectivity index (χ0n) is 10.1. The molecule has 1 aliphatic rings. The van der Waals surface area contributed by atoms with Gasteiger partial charge in [0.1, 0.15) is 0 Å². The Kier molecular flexibility index (Phi) is 4.42. The molecule has 0 aromatic heterocycles. The van der Waals surface area contributed by atoms with Crippen LogP contribution in [0.5, 0.6) is 0 Å². The van der Waals surface area contributed by atoms with Crippen LogP contribution in [0, 0.1) is 0 Å². The van der Waals surface area contributed by atoms with Crippen molar-refractivity contribution >= 4 is 21.6 Å². The Morgan fingerprint density at radius 2 is 2.35 bits per heavy atom. The predicted molar refractivity (Wildman–Crippen MR) is 74.4 cm³/mol. The van der Waals surface area contributed by atoms with Gasteiger partial charge >= 0.3 is 0 Å². The molecule has 0 aliphatic carbocycles. The van der Waals surface area contributed by atoms with Crippen molar-refractivity contribution in [1.82, 2.24) is 5.32 Å². The summed E-state index contributed by atoms with van der Waals surface area (Å²) >= 11 is 3.50. The van der Waals surface area contributed by atoms with Crippen molar-refractivity contribution in [3.8, 4) is 0 Å².